The number of carbonyl (C=O) groups is 2. The van der Waals surface area contributed by atoms with Gasteiger partial charge in [0.1, 0.15) is 17.4 Å². The standard InChI is InChI=1S/C14H24FN3O3S/c1-4-18-13(20)11(9(3)8-21-5-2)22-14(18)10(16)12(19)17-7-6-15/h9,11H,4-8,16H2,1-3H3,(H,17,19)/b14-10+. The summed E-state index contributed by atoms with van der Waals surface area (Å²) in [6, 6.07) is 0. The van der Waals surface area contributed by atoms with Gasteiger partial charge < -0.3 is 20.7 Å². The molecule has 1 aliphatic heterocycles. The minimum Gasteiger partial charge on any atom is -0.392 e. The molecule has 1 rings (SSSR count). The summed E-state index contributed by atoms with van der Waals surface area (Å²) in [5, 5.41) is 2.49. The smallest absolute Gasteiger partial charge is 0.269 e. The SMILES string of the molecule is CCOCC(C)C1S/C(=C(/N)C(=O)NCCF)N(CC)C1=O. The van der Waals surface area contributed by atoms with Crippen LogP contribution in [0.25, 0.3) is 0 Å². The van der Waals surface area contributed by atoms with Crippen LogP contribution in [-0.4, -0.2) is 54.9 Å². The lowest BCUT2D eigenvalue weighted by molar-refractivity contribution is -0.128. The van der Waals surface area contributed by atoms with Gasteiger partial charge >= 0.3 is 0 Å². The number of ether oxygens (including phenoxy) is 1. The maximum absolute atomic E-state index is 12.5. The molecule has 0 radical (unpaired) electrons. The van der Waals surface area contributed by atoms with Crippen molar-refractivity contribution < 1.29 is 18.7 Å². The Bertz CT molecular complexity index is 445. The number of nitrogens with zero attached hydrogens (tertiary/aromatic N) is 1. The van der Waals surface area contributed by atoms with Crippen LogP contribution in [0.1, 0.15) is 20.8 Å². The summed E-state index contributed by atoms with van der Waals surface area (Å²) in [4.78, 5) is 25.8. The molecule has 1 saturated heterocycles. The third-order valence-corrected chi connectivity index (χ3v) is 4.85. The van der Waals surface area contributed by atoms with Crippen LogP contribution in [0, 0.1) is 5.92 Å². The van der Waals surface area contributed by atoms with Crippen molar-refractivity contribution in [2.45, 2.75) is 26.0 Å². The fourth-order valence-electron chi connectivity index (χ4n) is 2.10. The summed E-state index contributed by atoms with van der Waals surface area (Å²) in [6.07, 6.45) is 0. The molecule has 0 aromatic carbocycles. The van der Waals surface area contributed by atoms with E-state index in [2.05, 4.69) is 5.32 Å². The molecule has 1 heterocycles. The zero-order valence-corrected chi connectivity index (χ0v) is 14.0. The van der Waals surface area contributed by atoms with E-state index in [9.17, 15) is 14.0 Å². The average Bonchev–Trinajstić information content (AvgIpc) is 2.85. The third kappa shape index (κ3) is 4.36. The molecule has 2 amide bonds. The molecule has 2 atom stereocenters. The normalized spacial score (nSPS) is 21.9. The quantitative estimate of drug-likeness (QED) is 0.643. The fourth-order valence-corrected chi connectivity index (χ4v) is 3.45. The first-order chi connectivity index (χ1) is 10.5. The molecule has 0 aliphatic carbocycles. The van der Waals surface area contributed by atoms with E-state index in [1.807, 2.05) is 20.8 Å². The Morgan fingerprint density at radius 2 is 2.23 bits per heavy atom. The minimum atomic E-state index is -0.661. The summed E-state index contributed by atoms with van der Waals surface area (Å²) in [5.41, 5.74) is 5.81. The van der Waals surface area contributed by atoms with Crippen molar-refractivity contribution in [3.63, 3.8) is 0 Å². The lowest BCUT2D eigenvalue weighted by Crippen LogP contribution is -2.36. The Morgan fingerprint density at radius 3 is 2.77 bits per heavy atom. The van der Waals surface area contributed by atoms with Crippen molar-refractivity contribution in [2.75, 3.05) is 33.0 Å². The fraction of sp³-hybridized carbons (Fsp3) is 0.714. The number of nitrogens with two attached hydrogens (primary N) is 1. The van der Waals surface area contributed by atoms with Crippen LogP contribution >= 0.6 is 11.8 Å². The Balaban J connectivity index is 2.91. The average molecular weight is 333 g/mol. The monoisotopic (exact) mass is 333 g/mol. The number of amides is 2. The molecular weight excluding hydrogens is 309 g/mol. The molecule has 1 aliphatic rings. The molecule has 3 N–H and O–H groups in total. The number of thioether (sulfide) groups is 1. The van der Waals surface area contributed by atoms with Gasteiger partial charge in [-0.25, -0.2) is 4.39 Å². The first kappa shape index (κ1) is 18.8. The second-order valence-corrected chi connectivity index (χ2v) is 6.05. The van der Waals surface area contributed by atoms with Crippen LogP contribution in [-0.2, 0) is 14.3 Å². The maximum Gasteiger partial charge on any atom is 0.269 e. The van der Waals surface area contributed by atoms with Crippen LogP contribution in [0.15, 0.2) is 10.7 Å². The van der Waals surface area contributed by atoms with Gasteiger partial charge in [-0.05, 0) is 13.8 Å². The molecule has 0 spiro atoms. The van der Waals surface area contributed by atoms with E-state index in [-0.39, 0.29) is 29.3 Å². The second-order valence-electron chi connectivity index (χ2n) is 4.92. The van der Waals surface area contributed by atoms with Gasteiger partial charge in [-0.15, -0.1) is 0 Å². The van der Waals surface area contributed by atoms with Crippen LogP contribution < -0.4 is 11.1 Å². The van der Waals surface area contributed by atoms with Gasteiger partial charge in [0.15, 0.2) is 0 Å². The highest BCUT2D eigenvalue weighted by atomic mass is 32.2. The van der Waals surface area contributed by atoms with Gasteiger partial charge in [-0.3, -0.25) is 9.59 Å². The Hall–Kier alpha value is -1.28. The van der Waals surface area contributed by atoms with E-state index in [0.717, 1.165) is 0 Å². The van der Waals surface area contributed by atoms with Crippen LogP contribution in [0.3, 0.4) is 0 Å². The highest BCUT2D eigenvalue weighted by Gasteiger charge is 2.41. The van der Waals surface area contributed by atoms with Gasteiger partial charge in [-0.1, -0.05) is 18.7 Å². The summed E-state index contributed by atoms with van der Waals surface area (Å²) < 4.78 is 17.5. The third-order valence-electron chi connectivity index (χ3n) is 3.27. The van der Waals surface area contributed by atoms with Crippen LogP contribution in [0.5, 0.6) is 0 Å². The lowest BCUT2D eigenvalue weighted by Gasteiger charge is -2.17. The molecule has 8 heteroatoms. The first-order valence-corrected chi connectivity index (χ1v) is 8.25. The van der Waals surface area contributed by atoms with E-state index in [1.54, 1.807) is 0 Å². The molecule has 6 nitrogen and oxygen atoms in total. The number of halogens is 1. The zero-order valence-electron chi connectivity index (χ0n) is 13.2. The topological polar surface area (TPSA) is 84.7 Å². The number of nitrogens with one attached hydrogen (secondary N) is 1. The van der Waals surface area contributed by atoms with Gasteiger partial charge in [0.25, 0.3) is 5.91 Å². The number of rotatable bonds is 8. The Morgan fingerprint density at radius 1 is 1.55 bits per heavy atom. The largest absolute Gasteiger partial charge is 0.392 e. The highest BCUT2D eigenvalue weighted by Crippen LogP contribution is 2.39. The molecule has 2 unspecified atom stereocenters. The van der Waals surface area contributed by atoms with Gasteiger partial charge in [-0.2, -0.15) is 0 Å². The number of hydrogen-bond donors (Lipinski definition) is 2. The van der Waals surface area contributed by atoms with Crippen molar-refractivity contribution in [1.29, 1.82) is 0 Å². The highest BCUT2D eigenvalue weighted by molar-refractivity contribution is 8.04. The molecule has 0 aromatic rings. The lowest BCUT2D eigenvalue weighted by atomic mass is 10.1. The molecule has 1 fully saturated rings. The molecular formula is C14H24FN3O3S. The number of alkyl halides is 1. The van der Waals surface area contributed by atoms with Crippen molar-refractivity contribution in [3.05, 3.63) is 10.7 Å². The Labute approximate surface area is 134 Å². The van der Waals surface area contributed by atoms with Crippen molar-refractivity contribution in [1.82, 2.24) is 10.2 Å². The van der Waals surface area contributed by atoms with Gasteiger partial charge in [0, 0.05) is 25.6 Å². The number of carbonyl (C=O) groups excluding carboxylic acids is 2. The predicted octanol–water partition coefficient (Wildman–Crippen LogP) is 0.836. The minimum absolute atomic E-state index is 0.00528. The molecule has 126 valence electrons. The predicted molar refractivity (Wildman–Crippen MR) is 84.6 cm³/mol. The summed E-state index contributed by atoms with van der Waals surface area (Å²) >= 11 is 1.28. The number of hydrogen-bond acceptors (Lipinski definition) is 5. The summed E-state index contributed by atoms with van der Waals surface area (Å²) in [5.74, 6) is -0.619. The molecule has 0 bridgehead atoms. The van der Waals surface area contributed by atoms with E-state index in [4.69, 9.17) is 10.5 Å². The maximum atomic E-state index is 12.5. The first-order valence-electron chi connectivity index (χ1n) is 7.37. The summed E-state index contributed by atoms with van der Waals surface area (Å²) in [7, 11) is 0. The molecule has 0 aromatic heterocycles. The van der Waals surface area contributed by atoms with Crippen LogP contribution in [0.4, 0.5) is 4.39 Å². The van der Waals surface area contributed by atoms with E-state index < -0.39 is 12.6 Å². The second kappa shape index (κ2) is 8.99. The van der Waals surface area contributed by atoms with Crippen molar-refractivity contribution >= 4 is 23.6 Å². The zero-order chi connectivity index (χ0) is 16.7. The molecule has 0 saturated carbocycles. The van der Waals surface area contributed by atoms with E-state index in [1.165, 1.54) is 16.7 Å². The van der Waals surface area contributed by atoms with Crippen molar-refractivity contribution in [2.24, 2.45) is 11.7 Å². The van der Waals surface area contributed by atoms with Crippen molar-refractivity contribution in [3.8, 4) is 0 Å². The van der Waals surface area contributed by atoms with Gasteiger partial charge in [0.2, 0.25) is 5.91 Å². The summed E-state index contributed by atoms with van der Waals surface area (Å²) in [6.45, 7) is 6.38. The Kier molecular flexibility index (Phi) is 7.67. The molecule has 22 heavy (non-hydrogen) atoms. The van der Waals surface area contributed by atoms with Crippen LogP contribution in [0.2, 0.25) is 0 Å². The van der Waals surface area contributed by atoms with E-state index >= 15 is 0 Å². The van der Waals surface area contributed by atoms with E-state index in [0.29, 0.717) is 24.8 Å². The van der Waals surface area contributed by atoms with Gasteiger partial charge in [0.05, 0.1) is 11.9 Å².